The molecule has 0 heterocycles. The second kappa shape index (κ2) is 17.4. The molecule has 3 aromatic carbocycles. The molecule has 2 atom stereocenters. The minimum absolute atomic E-state index is 0.0105. The van der Waals surface area contributed by atoms with Crippen molar-refractivity contribution in [3.05, 3.63) is 87.0 Å². The molecule has 238 valence electrons. The molecule has 0 saturated carbocycles. The van der Waals surface area contributed by atoms with Gasteiger partial charge in [0.05, 0.1) is 23.5 Å². The first-order valence-electron chi connectivity index (χ1n) is 13.3. The lowest BCUT2D eigenvalue weighted by Gasteiger charge is -2.21. The summed E-state index contributed by atoms with van der Waals surface area (Å²) < 4.78 is 16.2. The van der Waals surface area contributed by atoms with Gasteiger partial charge in [-0.25, -0.2) is 15.0 Å². The van der Waals surface area contributed by atoms with Crippen LogP contribution in [0.5, 0.6) is 17.2 Å². The third-order valence-corrected chi connectivity index (χ3v) is 6.79. The Morgan fingerprint density at radius 1 is 0.956 bits per heavy atom. The topological polar surface area (TPSA) is 205 Å². The van der Waals surface area contributed by atoms with E-state index < -0.39 is 49.2 Å². The average molecular weight is 735 g/mol. The van der Waals surface area contributed by atoms with Crippen LogP contribution in [0.2, 0.25) is 0 Å². The molecule has 3 aromatic rings. The maximum Gasteiger partial charge on any atom is 0.408 e. The molecule has 3 rings (SSSR count). The van der Waals surface area contributed by atoms with Crippen molar-refractivity contribution in [2.45, 2.75) is 25.1 Å². The number of carboxylic acid groups (broad SMARTS) is 1. The SMILES string of the molecule is COc1cc(/C=N\NC(=O)[C@H](Cc2ccc(O)cc2)NC(=O)[C@H](CO)NC(=O)OCc2ccccc2)cc(I)c1OCC(=O)O. The lowest BCUT2D eigenvalue weighted by atomic mass is 10.0. The number of rotatable bonds is 15. The monoisotopic (exact) mass is 734 g/mol. The first kappa shape index (κ1) is 34.6. The van der Waals surface area contributed by atoms with Gasteiger partial charge in [-0.3, -0.25) is 9.59 Å². The number of carbonyl (C=O) groups excluding carboxylic acids is 3. The number of hydrogen-bond donors (Lipinski definition) is 6. The number of phenolic OH excluding ortho intramolecular Hbond substituents is 1. The molecular weight excluding hydrogens is 703 g/mol. The fraction of sp³-hybridized carbons (Fsp3) is 0.233. The molecule has 0 spiro atoms. The van der Waals surface area contributed by atoms with Crippen LogP contribution in [0.15, 0.2) is 71.8 Å². The van der Waals surface area contributed by atoms with E-state index in [1.807, 2.05) is 28.7 Å². The Hall–Kier alpha value is -4.90. The zero-order valence-corrected chi connectivity index (χ0v) is 26.1. The number of carbonyl (C=O) groups is 4. The predicted octanol–water partition coefficient (Wildman–Crippen LogP) is 1.93. The van der Waals surface area contributed by atoms with Gasteiger partial charge in [0.2, 0.25) is 5.91 Å². The summed E-state index contributed by atoms with van der Waals surface area (Å²) in [4.78, 5) is 49.3. The zero-order chi connectivity index (χ0) is 32.8. The Bertz CT molecular complexity index is 1500. The van der Waals surface area contributed by atoms with Gasteiger partial charge in [-0.2, -0.15) is 5.10 Å². The van der Waals surface area contributed by atoms with Crippen LogP contribution in [0.3, 0.4) is 0 Å². The van der Waals surface area contributed by atoms with Crippen molar-refractivity contribution < 1.29 is 48.7 Å². The van der Waals surface area contributed by atoms with Crippen LogP contribution in [0.1, 0.15) is 16.7 Å². The van der Waals surface area contributed by atoms with Gasteiger partial charge < -0.3 is 40.2 Å². The number of hydrogen-bond acceptors (Lipinski definition) is 10. The standard InChI is InChI=1S/C30H31IN4O10/c1-43-25-13-20(11-22(31)27(25)44-17-26(38)39)14-32-35-29(41)23(12-18-7-9-21(37)10-8-18)33-28(40)24(15-36)34-30(42)45-16-19-5-3-2-4-6-19/h2-11,13-14,23-24,36-37H,12,15-17H2,1H3,(H,33,40)(H,34,42)(H,35,41)(H,38,39)/b32-14-/t23-,24-/m0/s1. The van der Waals surface area contributed by atoms with Gasteiger partial charge in [-0.15, -0.1) is 0 Å². The van der Waals surface area contributed by atoms with E-state index in [-0.39, 0.29) is 30.3 Å². The lowest BCUT2D eigenvalue weighted by Crippen LogP contribution is -2.55. The smallest absolute Gasteiger partial charge is 0.408 e. The van der Waals surface area contributed by atoms with Crippen molar-refractivity contribution in [3.63, 3.8) is 0 Å². The number of nitrogens with one attached hydrogen (secondary N) is 3. The van der Waals surface area contributed by atoms with Crippen LogP contribution >= 0.6 is 22.6 Å². The summed E-state index contributed by atoms with van der Waals surface area (Å²) in [6.07, 6.45) is 0.344. The van der Waals surface area contributed by atoms with E-state index in [1.54, 1.807) is 42.5 Å². The number of ether oxygens (including phenoxy) is 3. The van der Waals surface area contributed by atoms with E-state index in [1.165, 1.54) is 31.5 Å². The van der Waals surface area contributed by atoms with Gasteiger partial charge in [0.15, 0.2) is 18.1 Å². The number of aliphatic hydroxyl groups excluding tert-OH is 1. The molecule has 45 heavy (non-hydrogen) atoms. The minimum Gasteiger partial charge on any atom is -0.508 e. The summed E-state index contributed by atoms with van der Waals surface area (Å²) in [6, 6.07) is 15.3. The fourth-order valence-corrected chi connectivity index (χ4v) is 4.57. The highest BCUT2D eigenvalue weighted by Crippen LogP contribution is 2.33. The Morgan fingerprint density at radius 2 is 1.67 bits per heavy atom. The molecule has 0 aromatic heterocycles. The van der Waals surface area contributed by atoms with Gasteiger partial charge in [0.25, 0.3) is 5.91 Å². The molecule has 14 nitrogen and oxygen atoms in total. The third kappa shape index (κ3) is 11.3. The van der Waals surface area contributed by atoms with Crippen molar-refractivity contribution in [1.82, 2.24) is 16.1 Å². The number of amides is 3. The number of benzene rings is 3. The Labute approximate surface area is 271 Å². The molecular formula is C30H31IN4O10. The fourth-order valence-electron chi connectivity index (χ4n) is 3.79. The third-order valence-electron chi connectivity index (χ3n) is 5.99. The molecule has 0 aliphatic carbocycles. The van der Waals surface area contributed by atoms with Crippen molar-refractivity contribution in [2.75, 3.05) is 20.3 Å². The number of nitrogens with zero attached hydrogens (tertiary/aromatic N) is 1. The van der Waals surface area contributed by atoms with Gasteiger partial charge in [0.1, 0.15) is 24.4 Å². The van der Waals surface area contributed by atoms with E-state index in [2.05, 4.69) is 21.2 Å². The molecule has 3 amide bonds. The molecule has 0 saturated heterocycles. The minimum atomic E-state index is -1.43. The van der Waals surface area contributed by atoms with Crippen molar-refractivity contribution in [3.8, 4) is 17.2 Å². The number of phenols is 1. The van der Waals surface area contributed by atoms with Gasteiger partial charge in [0, 0.05) is 6.42 Å². The van der Waals surface area contributed by atoms with Crippen LogP contribution in [-0.2, 0) is 32.1 Å². The Morgan fingerprint density at radius 3 is 2.31 bits per heavy atom. The van der Waals surface area contributed by atoms with E-state index >= 15 is 0 Å². The summed E-state index contributed by atoms with van der Waals surface area (Å²) in [6.45, 7) is -1.39. The van der Waals surface area contributed by atoms with E-state index in [0.29, 0.717) is 14.7 Å². The van der Waals surface area contributed by atoms with Crippen molar-refractivity contribution in [1.29, 1.82) is 0 Å². The zero-order valence-electron chi connectivity index (χ0n) is 23.9. The largest absolute Gasteiger partial charge is 0.508 e. The molecule has 0 unspecified atom stereocenters. The lowest BCUT2D eigenvalue weighted by molar-refractivity contribution is -0.139. The van der Waals surface area contributed by atoms with Crippen LogP contribution in [0, 0.1) is 3.57 Å². The van der Waals surface area contributed by atoms with E-state index in [0.717, 1.165) is 5.56 Å². The number of aliphatic hydroxyl groups is 1. The maximum atomic E-state index is 13.2. The van der Waals surface area contributed by atoms with Crippen LogP contribution in [0.25, 0.3) is 0 Å². The summed E-state index contributed by atoms with van der Waals surface area (Å²) in [7, 11) is 1.38. The molecule has 0 bridgehead atoms. The van der Waals surface area contributed by atoms with Crippen molar-refractivity contribution in [2.24, 2.45) is 5.10 Å². The maximum absolute atomic E-state index is 13.2. The van der Waals surface area contributed by atoms with E-state index in [4.69, 9.17) is 19.3 Å². The number of carboxylic acids is 1. The number of hydrazone groups is 1. The molecule has 15 heteroatoms. The summed E-state index contributed by atoms with van der Waals surface area (Å²) >= 11 is 1.94. The second-order valence-electron chi connectivity index (χ2n) is 9.32. The normalized spacial score (nSPS) is 12.1. The number of halogens is 1. The number of methoxy groups -OCH3 is 1. The Balaban J connectivity index is 1.69. The van der Waals surface area contributed by atoms with Crippen molar-refractivity contribution >= 4 is 52.7 Å². The van der Waals surface area contributed by atoms with Gasteiger partial charge >= 0.3 is 12.1 Å². The van der Waals surface area contributed by atoms with Crippen LogP contribution in [0.4, 0.5) is 4.79 Å². The highest BCUT2D eigenvalue weighted by Gasteiger charge is 2.27. The quantitative estimate of drug-likeness (QED) is 0.0761. The highest BCUT2D eigenvalue weighted by molar-refractivity contribution is 14.1. The summed E-state index contributed by atoms with van der Waals surface area (Å²) in [5.41, 5.74) is 4.15. The molecule has 6 N–H and O–H groups in total. The number of aliphatic carboxylic acids is 1. The highest BCUT2D eigenvalue weighted by atomic mass is 127. The first-order chi connectivity index (χ1) is 21.6. The average Bonchev–Trinajstić information content (AvgIpc) is 3.02. The van der Waals surface area contributed by atoms with Crippen LogP contribution in [-0.4, -0.2) is 77.8 Å². The molecule has 0 aliphatic heterocycles. The molecule has 0 radical (unpaired) electrons. The van der Waals surface area contributed by atoms with Gasteiger partial charge in [-0.05, 0) is 63.5 Å². The van der Waals surface area contributed by atoms with Crippen LogP contribution < -0.4 is 25.5 Å². The van der Waals surface area contributed by atoms with Gasteiger partial charge in [-0.1, -0.05) is 42.5 Å². The predicted molar refractivity (Wildman–Crippen MR) is 169 cm³/mol. The molecule has 0 aliphatic rings. The first-order valence-corrected chi connectivity index (χ1v) is 14.4. The summed E-state index contributed by atoms with van der Waals surface area (Å²) in [5, 5.41) is 37.0. The number of aromatic hydroxyl groups is 1. The number of alkyl carbamates (subject to hydrolysis) is 1. The second-order valence-corrected chi connectivity index (χ2v) is 10.5. The summed E-state index contributed by atoms with van der Waals surface area (Å²) in [5.74, 6) is -2.24. The Kier molecular flexibility index (Phi) is 13.4. The molecule has 0 fully saturated rings. The van der Waals surface area contributed by atoms with E-state index in [9.17, 15) is 29.4 Å².